The van der Waals surface area contributed by atoms with Crippen molar-refractivity contribution in [3.05, 3.63) is 194 Å². The third-order valence-electron chi connectivity index (χ3n) is 10.00. The lowest BCUT2D eigenvalue weighted by Gasteiger charge is -2.28. The van der Waals surface area contributed by atoms with E-state index in [-0.39, 0.29) is 0 Å². The minimum absolute atomic E-state index is 0.882. The van der Waals surface area contributed by atoms with Gasteiger partial charge in [-0.1, -0.05) is 133 Å². The Labute approximate surface area is 295 Å². The Morgan fingerprint density at radius 3 is 1.78 bits per heavy atom. The van der Waals surface area contributed by atoms with E-state index in [9.17, 15) is 0 Å². The topological polar surface area (TPSA) is 21.3 Å². The van der Waals surface area contributed by atoms with Gasteiger partial charge in [-0.3, -0.25) is 0 Å². The van der Waals surface area contributed by atoms with Crippen LogP contribution in [0.15, 0.2) is 199 Å². The Hall–Kier alpha value is -6.84. The molecule has 0 spiro atoms. The predicted octanol–water partition coefficient (Wildman–Crippen LogP) is 13.5. The predicted molar refractivity (Wildman–Crippen MR) is 214 cm³/mol. The highest BCUT2D eigenvalue weighted by Gasteiger charge is 2.20. The first kappa shape index (κ1) is 29.1. The molecule has 0 fully saturated rings. The number of hydrogen-bond donors (Lipinski definition) is 0. The molecule has 0 N–H and O–H groups in total. The van der Waals surface area contributed by atoms with Crippen LogP contribution in [0.5, 0.6) is 0 Å². The molecule has 0 aliphatic rings. The molecule has 240 valence electrons. The molecule has 0 unspecified atom stereocenters. The van der Waals surface area contributed by atoms with Gasteiger partial charge < -0.3 is 13.9 Å². The second kappa shape index (κ2) is 11.9. The smallest absolute Gasteiger partial charge is 0.137 e. The first-order chi connectivity index (χ1) is 25.3. The van der Waals surface area contributed by atoms with Crippen molar-refractivity contribution in [3.8, 4) is 27.9 Å². The number of benzene rings is 8. The normalized spacial score (nSPS) is 11.5. The molecule has 0 aliphatic carbocycles. The fraction of sp³-hybridized carbons (Fsp3) is 0. The zero-order valence-electron chi connectivity index (χ0n) is 27.8. The molecule has 10 aromatic rings. The van der Waals surface area contributed by atoms with E-state index in [2.05, 4.69) is 191 Å². The van der Waals surface area contributed by atoms with E-state index in [4.69, 9.17) is 4.42 Å². The van der Waals surface area contributed by atoms with Crippen LogP contribution in [0.25, 0.3) is 71.7 Å². The lowest BCUT2D eigenvalue weighted by Crippen LogP contribution is -2.11. The van der Waals surface area contributed by atoms with E-state index in [0.717, 1.165) is 55.7 Å². The van der Waals surface area contributed by atoms with Gasteiger partial charge in [-0.25, -0.2) is 0 Å². The van der Waals surface area contributed by atoms with Crippen molar-refractivity contribution >= 4 is 60.8 Å². The third kappa shape index (κ3) is 4.90. The molecule has 0 saturated carbocycles. The number of aromatic nitrogens is 1. The van der Waals surface area contributed by atoms with Gasteiger partial charge in [0.1, 0.15) is 11.2 Å². The van der Waals surface area contributed by atoms with Gasteiger partial charge in [-0.15, -0.1) is 0 Å². The molecule has 3 nitrogen and oxygen atoms in total. The average molecular weight is 653 g/mol. The summed E-state index contributed by atoms with van der Waals surface area (Å²) in [5.41, 5.74) is 13.1. The lowest BCUT2D eigenvalue weighted by atomic mass is 10.0. The fourth-order valence-electron chi connectivity index (χ4n) is 7.62. The molecule has 0 bridgehead atoms. The maximum Gasteiger partial charge on any atom is 0.137 e. The minimum atomic E-state index is 0.882. The van der Waals surface area contributed by atoms with Crippen molar-refractivity contribution < 1.29 is 4.42 Å². The molecule has 8 aromatic carbocycles. The van der Waals surface area contributed by atoms with Crippen LogP contribution in [0.4, 0.5) is 17.1 Å². The second-order valence-corrected chi connectivity index (χ2v) is 13.0. The monoisotopic (exact) mass is 652 g/mol. The third-order valence-corrected chi connectivity index (χ3v) is 10.00. The molecule has 3 heteroatoms. The second-order valence-electron chi connectivity index (χ2n) is 13.0. The SMILES string of the molecule is c1ccc(-c2ccc(N(c3ccc4c5ccccc5n(-c5ccc6c(c5)oc5ccccc56)c4c3)c3ccccc3-c3ccccc3)cc2)cc1. The summed E-state index contributed by atoms with van der Waals surface area (Å²) in [6, 6.07) is 69.2. The van der Waals surface area contributed by atoms with Crippen LogP contribution in [0, 0.1) is 0 Å². The fourth-order valence-corrected chi connectivity index (χ4v) is 7.62. The summed E-state index contributed by atoms with van der Waals surface area (Å²) >= 11 is 0. The molecule has 0 atom stereocenters. The number of furan rings is 1. The van der Waals surface area contributed by atoms with E-state index in [0.29, 0.717) is 0 Å². The van der Waals surface area contributed by atoms with Gasteiger partial charge in [0.2, 0.25) is 0 Å². The van der Waals surface area contributed by atoms with Crippen LogP contribution >= 0.6 is 0 Å². The summed E-state index contributed by atoms with van der Waals surface area (Å²) in [4.78, 5) is 2.39. The molecular weight excluding hydrogens is 621 g/mol. The zero-order valence-corrected chi connectivity index (χ0v) is 27.8. The van der Waals surface area contributed by atoms with Crippen LogP contribution in [0.1, 0.15) is 0 Å². The molecule has 51 heavy (non-hydrogen) atoms. The van der Waals surface area contributed by atoms with Crippen molar-refractivity contribution in [1.29, 1.82) is 0 Å². The van der Waals surface area contributed by atoms with Gasteiger partial charge in [0.15, 0.2) is 0 Å². The zero-order chi connectivity index (χ0) is 33.7. The average Bonchev–Trinajstić information content (AvgIpc) is 3.74. The molecule has 0 saturated heterocycles. The molecule has 10 rings (SSSR count). The van der Waals surface area contributed by atoms with E-state index < -0.39 is 0 Å². The van der Waals surface area contributed by atoms with Crippen molar-refractivity contribution in [2.75, 3.05) is 4.90 Å². The number of anilines is 3. The van der Waals surface area contributed by atoms with Gasteiger partial charge in [-0.05, 0) is 71.3 Å². The highest BCUT2D eigenvalue weighted by molar-refractivity contribution is 6.11. The van der Waals surface area contributed by atoms with Crippen molar-refractivity contribution in [3.63, 3.8) is 0 Å². The molecule has 0 radical (unpaired) electrons. The van der Waals surface area contributed by atoms with Crippen LogP contribution in [0.2, 0.25) is 0 Å². The van der Waals surface area contributed by atoms with Crippen LogP contribution in [-0.2, 0) is 0 Å². The Balaban J connectivity index is 1.20. The molecule has 0 aliphatic heterocycles. The quantitative estimate of drug-likeness (QED) is 0.178. The summed E-state index contributed by atoms with van der Waals surface area (Å²) < 4.78 is 8.74. The number of hydrogen-bond acceptors (Lipinski definition) is 2. The molecule has 0 amide bonds. The van der Waals surface area contributed by atoms with Crippen LogP contribution in [0.3, 0.4) is 0 Å². The Bertz CT molecular complexity index is 2850. The maximum atomic E-state index is 6.37. The van der Waals surface area contributed by atoms with Crippen LogP contribution < -0.4 is 4.90 Å². The molecule has 2 aromatic heterocycles. The van der Waals surface area contributed by atoms with Gasteiger partial charge in [-0.2, -0.15) is 0 Å². The number of fused-ring (bicyclic) bond motifs is 6. The van der Waals surface area contributed by atoms with Gasteiger partial charge in [0.25, 0.3) is 0 Å². The van der Waals surface area contributed by atoms with Gasteiger partial charge in [0.05, 0.1) is 16.7 Å². The standard InChI is InChI=1S/C48H32N2O/c1-3-13-33(14-4-1)34-23-25-36(26-24-34)49(44-20-10-7-17-39(44)35-15-5-2-6-16-35)37-27-29-41-40-18-8-11-21-45(40)50(46(41)31-37)38-28-30-43-42-19-9-12-22-47(42)51-48(43)32-38/h1-32H. The Kier molecular flexibility index (Phi) is 6.81. The number of para-hydroxylation sites is 3. The first-order valence-corrected chi connectivity index (χ1v) is 17.4. The maximum absolute atomic E-state index is 6.37. The van der Waals surface area contributed by atoms with E-state index >= 15 is 0 Å². The van der Waals surface area contributed by atoms with Crippen molar-refractivity contribution in [1.82, 2.24) is 4.57 Å². The van der Waals surface area contributed by atoms with Crippen LogP contribution in [-0.4, -0.2) is 4.57 Å². The largest absolute Gasteiger partial charge is 0.456 e. The summed E-state index contributed by atoms with van der Waals surface area (Å²) in [7, 11) is 0. The first-order valence-electron chi connectivity index (χ1n) is 17.4. The summed E-state index contributed by atoms with van der Waals surface area (Å²) in [5, 5.41) is 4.68. The number of nitrogens with zero attached hydrogens (tertiary/aromatic N) is 2. The van der Waals surface area contributed by atoms with Crippen molar-refractivity contribution in [2.24, 2.45) is 0 Å². The van der Waals surface area contributed by atoms with E-state index in [1.165, 1.54) is 33.0 Å². The highest BCUT2D eigenvalue weighted by atomic mass is 16.3. The minimum Gasteiger partial charge on any atom is -0.456 e. The lowest BCUT2D eigenvalue weighted by molar-refractivity contribution is 0.668. The summed E-state index contributed by atoms with van der Waals surface area (Å²) in [6.07, 6.45) is 0. The Morgan fingerprint density at radius 2 is 0.961 bits per heavy atom. The number of rotatable bonds is 6. The van der Waals surface area contributed by atoms with E-state index in [1.807, 2.05) is 12.1 Å². The molecular formula is C48H32N2O. The Morgan fingerprint density at radius 1 is 0.373 bits per heavy atom. The summed E-state index contributed by atoms with van der Waals surface area (Å²) in [5.74, 6) is 0. The summed E-state index contributed by atoms with van der Waals surface area (Å²) in [6.45, 7) is 0. The molecule has 2 heterocycles. The van der Waals surface area contributed by atoms with Gasteiger partial charge in [0, 0.05) is 50.2 Å². The van der Waals surface area contributed by atoms with Gasteiger partial charge >= 0.3 is 0 Å². The van der Waals surface area contributed by atoms with Crippen molar-refractivity contribution in [2.45, 2.75) is 0 Å². The highest BCUT2D eigenvalue weighted by Crippen LogP contribution is 2.44. The van der Waals surface area contributed by atoms with E-state index in [1.54, 1.807) is 0 Å².